The molecule has 150 valence electrons. The van der Waals surface area contributed by atoms with Gasteiger partial charge in [-0.25, -0.2) is 9.79 Å². The Bertz CT molecular complexity index is 1180. The molecule has 30 heavy (non-hydrogen) atoms. The Morgan fingerprint density at radius 2 is 1.60 bits per heavy atom. The molecule has 0 atom stereocenters. The van der Waals surface area contributed by atoms with Crippen molar-refractivity contribution >= 4 is 23.0 Å². The summed E-state index contributed by atoms with van der Waals surface area (Å²) in [7, 11) is 0. The van der Waals surface area contributed by atoms with E-state index in [0.717, 1.165) is 27.5 Å². The number of benzene rings is 3. The first-order valence-electron chi connectivity index (χ1n) is 9.84. The van der Waals surface area contributed by atoms with Crippen molar-refractivity contribution in [2.75, 3.05) is 6.61 Å². The average molecular weight is 415 g/mol. The fraction of sp³-hybridized carbons (Fsp3) is 0.120. The topological polar surface area (TPSA) is 43.6 Å². The van der Waals surface area contributed by atoms with Gasteiger partial charge < -0.3 is 9.30 Å². The molecule has 0 unspecified atom stereocenters. The highest BCUT2D eigenvalue weighted by Gasteiger charge is 2.09. The van der Waals surface area contributed by atoms with E-state index in [1.807, 2.05) is 72.8 Å². The summed E-state index contributed by atoms with van der Waals surface area (Å²) in [4.78, 5) is 18.8. The molecule has 0 saturated heterocycles. The minimum atomic E-state index is -0.297. The third-order valence-corrected chi connectivity index (χ3v) is 5.65. The summed E-state index contributed by atoms with van der Waals surface area (Å²) in [5.41, 5.74) is 3.74. The van der Waals surface area contributed by atoms with Crippen LogP contribution in [0.4, 0.5) is 5.69 Å². The van der Waals surface area contributed by atoms with Crippen LogP contribution < -0.4 is 4.80 Å². The van der Waals surface area contributed by atoms with E-state index in [1.54, 1.807) is 18.3 Å². The van der Waals surface area contributed by atoms with E-state index < -0.39 is 0 Å². The largest absolute Gasteiger partial charge is 0.462 e. The summed E-state index contributed by atoms with van der Waals surface area (Å²) in [6.07, 6.45) is 2.12. The Balaban J connectivity index is 1.71. The van der Waals surface area contributed by atoms with E-state index in [-0.39, 0.29) is 5.97 Å². The van der Waals surface area contributed by atoms with E-state index in [9.17, 15) is 4.79 Å². The standard InChI is InChI=1S/C25H22N2O2S/c1-2-29-24(28)21-15-13-20(14-16-21)23-18-27(17-19-9-5-3-6-10-19)25(30-23)26-22-11-7-4-8-12-22/h3-16,18H,2,17H2,1H3. The molecule has 0 fully saturated rings. The number of nitrogens with zero attached hydrogens (tertiary/aromatic N) is 2. The maximum Gasteiger partial charge on any atom is 0.338 e. The summed E-state index contributed by atoms with van der Waals surface area (Å²) < 4.78 is 7.24. The number of carbonyl (C=O) groups excluding carboxylic acids is 1. The van der Waals surface area contributed by atoms with Crippen LogP contribution in [-0.4, -0.2) is 17.1 Å². The summed E-state index contributed by atoms with van der Waals surface area (Å²) in [6, 6.07) is 27.8. The van der Waals surface area contributed by atoms with Gasteiger partial charge in [0.25, 0.3) is 0 Å². The fourth-order valence-electron chi connectivity index (χ4n) is 3.09. The highest BCUT2D eigenvalue weighted by molar-refractivity contribution is 7.12. The van der Waals surface area contributed by atoms with Gasteiger partial charge in [-0.05, 0) is 42.3 Å². The highest BCUT2D eigenvalue weighted by Crippen LogP contribution is 2.24. The van der Waals surface area contributed by atoms with Gasteiger partial charge in [0.15, 0.2) is 4.80 Å². The Hall–Kier alpha value is -3.44. The van der Waals surface area contributed by atoms with Crippen molar-refractivity contribution in [1.29, 1.82) is 0 Å². The monoisotopic (exact) mass is 414 g/mol. The number of rotatable bonds is 6. The SMILES string of the molecule is CCOC(=O)c1ccc(-c2cn(Cc3ccccc3)c(=Nc3ccccc3)s2)cc1. The van der Waals surface area contributed by atoms with Crippen LogP contribution in [0.15, 0.2) is 96.1 Å². The molecule has 0 radical (unpaired) electrons. The van der Waals surface area contributed by atoms with Crippen molar-refractivity contribution in [3.8, 4) is 10.4 Å². The zero-order valence-electron chi connectivity index (χ0n) is 16.7. The van der Waals surface area contributed by atoms with E-state index in [4.69, 9.17) is 9.73 Å². The third-order valence-electron chi connectivity index (χ3n) is 4.58. The predicted molar refractivity (Wildman–Crippen MR) is 121 cm³/mol. The number of hydrogen-bond acceptors (Lipinski definition) is 4. The first kappa shape index (κ1) is 19.9. The number of aromatic nitrogens is 1. The molecule has 1 aromatic heterocycles. The first-order chi connectivity index (χ1) is 14.7. The van der Waals surface area contributed by atoms with Crippen molar-refractivity contribution in [2.24, 2.45) is 4.99 Å². The van der Waals surface area contributed by atoms with Crippen LogP contribution in [0.5, 0.6) is 0 Å². The Morgan fingerprint density at radius 1 is 0.933 bits per heavy atom. The molecule has 4 rings (SSSR count). The number of hydrogen-bond donors (Lipinski definition) is 0. The van der Waals surface area contributed by atoms with Gasteiger partial charge in [-0.15, -0.1) is 0 Å². The lowest BCUT2D eigenvalue weighted by Gasteiger charge is -2.04. The molecule has 0 saturated carbocycles. The molecule has 3 aromatic carbocycles. The second-order valence-electron chi connectivity index (χ2n) is 6.74. The zero-order valence-corrected chi connectivity index (χ0v) is 17.5. The minimum absolute atomic E-state index is 0.297. The number of ether oxygens (including phenoxy) is 1. The number of esters is 1. The van der Waals surface area contributed by atoms with Crippen LogP contribution in [0.3, 0.4) is 0 Å². The Kier molecular flexibility index (Phi) is 6.20. The Morgan fingerprint density at radius 3 is 2.27 bits per heavy atom. The van der Waals surface area contributed by atoms with Crippen LogP contribution in [-0.2, 0) is 11.3 Å². The molecule has 0 spiro atoms. The zero-order chi connectivity index (χ0) is 20.8. The molecular weight excluding hydrogens is 392 g/mol. The van der Waals surface area contributed by atoms with Gasteiger partial charge in [0, 0.05) is 12.7 Å². The lowest BCUT2D eigenvalue weighted by atomic mass is 10.1. The van der Waals surface area contributed by atoms with Crippen molar-refractivity contribution in [1.82, 2.24) is 4.57 Å². The predicted octanol–water partition coefficient (Wildman–Crippen LogP) is 5.67. The van der Waals surface area contributed by atoms with E-state index in [1.165, 1.54) is 5.56 Å². The van der Waals surface area contributed by atoms with Gasteiger partial charge in [0.2, 0.25) is 0 Å². The van der Waals surface area contributed by atoms with Crippen LogP contribution >= 0.6 is 11.3 Å². The van der Waals surface area contributed by atoms with Crippen molar-refractivity contribution in [3.63, 3.8) is 0 Å². The number of para-hydroxylation sites is 1. The normalized spacial score (nSPS) is 11.4. The summed E-state index contributed by atoms with van der Waals surface area (Å²) in [5.74, 6) is -0.297. The van der Waals surface area contributed by atoms with Gasteiger partial charge >= 0.3 is 5.97 Å². The highest BCUT2D eigenvalue weighted by atomic mass is 32.1. The number of carbonyl (C=O) groups is 1. The van der Waals surface area contributed by atoms with Crippen LogP contribution in [0.1, 0.15) is 22.8 Å². The van der Waals surface area contributed by atoms with Gasteiger partial charge in [0.1, 0.15) is 0 Å². The summed E-state index contributed by atoms with van der Waals surface area (Å²) >= 11 is 1.63. The molecule has 0 aliphatic carbocycles. The third kappa shape index (κ3) is 4.75. The summed E-state index contributed by atoms with van der Waals surface area (Å²) in [5, 5.41) is 0. The van der Waals surface area contributed by atoms with Crippen molar-refractivity contribution in [2.45, 2.75) is 13.5 Å². The summed E-state index contributed by atoms with van der Waals surface area (Å²) in [6.45, 7) is 2.92. The van der Waals surface area contributed by atoms with Crippen LogP contribution in [0.2, 0.25) is 0 Å². The van der Waals surface area contributed by atoms with Gasteiger partial charge in [-0.2, -0.15) is 0 Å². The van der Waals surface area contributed by atoms with Crippen molar-refractivity contribution < 1.29 is 9.53 Å². The van der Waals surface area contributed by atoms with Gasteiger partial charge in [-0.3, -0.25) is 0 Å². The fourth-order valence-corrected chi connectivity index (χ4v) is 4.11. The molecule has 0 amide bonds. The van der Waals surface area contributed by atoms with Gasteiger partial charge in [-0.1, -0.05) is 72.0 Å². The maximum atomic E-state index is 11.9. The molecule has 4 nitrogen and oxygen atoms in total. The van der Waals surface area contributed by atoms with E-state index in [2.05, 4.69) is 22.9 Å². The van der Waals surface area contributed by atoms with E-state index >= 15 is 0 Å². The molecule has 5 heteroatoms. The molecule has 0 N–H and O–H groups in total. The average Bonchev–Trinajstić information content (AvgIpc) is 3.17. The molecule has 0 bridgehead atoms. The molecule has 1 heterocycles. The smallest absolute Gasteiger partial charge is 0.338 e. The van der Waals surface area contributed by atoms with Crippen molar-refractivity contribution in [3.05, 3.63) is 107 Å². The van der Waals surface area contributed by atoms with Crippen LogP contribution in [0.25, 0.3) is 10.4 Å². The second-order valence-corrected chi connectivity index (χ2v) is 7.75. The molecule has 0 aliphatic rings. The second kappa shape index (κ2) is 9.37. The quantitative estimate of drug-likeness (QED) is 0.381. The Labute approximate surface area is 179 Å². The van der Waals surface area contributed by atoms with Crippen LogP contribution in [0, 0.1) is 0 Å². The number of thiazole rings is 1. The molecular formula is C25H22N2O2S. The maximum absolute atomic E-state index is 11.9. The van der Waals surface area contributed by atoms with E-state index in [0.29, 0.717) is 12.2 Å². The lowest BCUT2D eigenvalue weighted by Crippen LogP contribution is -2.14. The van der Waals surface area contributed by atoms with Gasteiger partial charge in [0.05, 0.1) is 22.7 Å². The first-order valence-corrected chi connectivity index (χ1v) is 10.7. The molecule has 4 aromatic rings. The molecule has 0 aliphatic heterocycles. The lowest BCUT2D eigenvalue weighted by molar-refractivity contribution is 0.0526. The minimum Gasteiger partial charge on any atom is -0.462 e.